The number of amides is 1. The van der Waals surface area contributed by atoms with Gasteiger partial charge in [-0.25, -0.2) is 8.42 Å². The lowest BCUT2D eigenvalue weighted by atomic mass is 10.2. The van der Waals surface area contributed by atoms with Crippen molar-refractivity contribution in [3.05, 3.63) is 28.2 Å². The van der Waals surface area contributed by atoms with Gasteiger partial charge in [0.25, 0.3) is 0 Å². The van der Waals surface area contributed by atoms with Crippen LogP contribution in [0, 0.1) is 0 Å². The summed E-state index contributed by atoms with van der Waals surface area (Å²) in [5.74, 6) is -0.656. The van der Waals surface area contributed by atoms with Crippen molar-refractivity contribution < 1.29 is 13.2 Å². The molecule has 0 aliphatic carbocycles. The summed E-state index contributed by atoms with van der Waals surface area (Å²) in [6.07, 6.45) is 0. The zero-order valence-corrected chi connectivity index (χ0v) is 13.4. The molecule has 1 amide bonds. The van der Waals surface area contributed by atoms with E-state index in [1.807, 2.05) is 6.92 Å². The van der Waals surface area contributed by atoms with Gasteiger partial charge in [-0.05, 0) is 25.1 Å². The van der Waals surface area contributed by atoms with Crippen LogP contribution in [-0.2, 0) is 10.0 Å². The Balaban J connectivity index is 2.46. The standard InChI is InChI=1S/C12H16BrN3O3S/c1-8-7-15-2-3-16(8)20(18,19)11-5-9(12(14)17)4-10(13)6-11/h4-6,8,15H,2-3,7H2,1H3,(H2,14,17)/t8-/m0/s1. The van der Waals surface area contributed by atoms with Crippen molar-refractivity contribution in [1.82, 2.24) is 9.62 Å². The van der Waals surface area contributed by atoms with Gasteiger partial charge in [-0.3, -0.25) is 4.79 Å². The number of carbonyl (C=O) groups excluding carboxylic acids is 1. The van der Waals surface area contributed by atoms with Crippen molar-refractivity contribution in [3.8, 4) is 0 Å². The van der Waals surface area contributed by atoms with Crippen molar-refractivity contribution in [3.63, 3.8) is 0 Å². The molecule has 2 rings (SSSR count). The van der Waals surface area contributed by atoms with Crippen LogP contribution < -0.4 is 11.1 Å². The highest BCUT2D eigenvalue weighted by Crippen LogP contribution is 2.24. The van der Waals surface area contributed by atoms with Crippen LogP contribution in [0.4, 0.5) is 0 Å². The smallest absolute Gasteiger partial charge is 0.248 e. The van der Waals surface area contributed by atoms with E-state index in [1.165, 1.54) is 22.5 Å². The summed E-state index contributed by atoms with van der Waals surface area (Å²) in [6.45, 7) is 3.47. The number of nitrogens with zero attached hydrogens (tertiary/aromatic N) is 1. The van der Waals surface area contributed by atoms with Crippen LogP contribution in [0.15, 0.2) is 27.6 Å². The molecule has 1 fully saturated rings. The first-order valence-corrected chi connectivity index (χ1v) is 8.38. The summed E-state index contributed by atoms with van der Waals surface area (Å²) < 4.78 is 27.2. The van der Waals surface area contributed by atoms with Gasteiger partial charge in [0.1, 0.15) is 0 Å². The van der Waals surface area contributed by atoms with Gasteiger partial charge in [0.2, 0.25) is 15.9 Å². The minimum absolute atomic E-state index is 0.0782. The Labute approximate surface area is 126 Å². The van der Waals surface area contributed by atoms with E-state index < -0.39 is 15.9 Å². The average molecular weight is 362 g/mol. The molecule has 1 aromatic carbocycles. The number of rotatable bonds is 3. The SMILES string of the molecule is C[C@H]1CNCCN1S(=O)(=O)c1cc(Br)cc(C(N)=O)c1. The number of nitrogens with one attached hydrogen (secondary N) is 1. The van der Waals surface area contributed by atoms with Crippen LogP contribution in [0.1, 0.15) is 17.3 Å². The van der Waals surface area contributed by atoms with Crippen LogP contribution in [-0.4, -0.2) is 44.3 Å². The number of sulfonamides is 1. The number of hydrogen-bond donors (Lipinski definition) is 2. The second-order valence-corrected chi connectivity index (χ2v) is 7.51. The summed E-state index contributed by atoms with van der Waals surface area (Å²) in [4.78, 5) is 11.3. The van der Waals surface area contributed by atoms with Gasteiger partial charge in [-0.15, -0.1) is 0 Å². The molecule has 8 heteroatoms. The molecular weight excluding hydrogens is 346 g/mol. The maximum atomic E-state index is 12.6. The second-order valence-electron chi connectivity index (χ2n) is 4.71. The molecule has 1 aromatic rings. The summed E-state index contributed by atoms with van der Waals surface area (Å²) >= 11 is 3.21. The molecule has 1 saturated heterocycles. The van der Waals surface area contributed by atoms with Gasteiger partial charge in [0.05, 0.1) is 4.90 Å². The molecule has 1 heterocycles. The maximum Gasteiger partial charge on any atom is 0.248 e. The number of nitrogens with two attached hydrogens (primary N) is 1. The molecular formula is C12H16BrN3O3S. The van der Waals surface area contributed by atoms with Crippen molar-refractivity contribution in [2.45, 2.75) is 17.9 Å². The molecule has 3 N–H and O–H groups in total. The molecule has 20 heavy (non-hydrogen) atoms. The molecule has 0 aromatic heterocycles. The number of carbonyl (C=O) groups is 1. The predicted octanol–water partition coefficient (Wildman–Crippen LogP) is 0.530. The van der Waals surface area contributed by atoms with Crippen LogP contribution in [0.5, 0.6) is 0 Å². The van der Waals surface area contributed by atoms with E-state index in [0.29, 0.717) is 24.1 Å². The highest BCUT2D eigenvalue weighted by atomic mass is 79.9. The predicted molar refractivity (Wildman–Crippen MR) is 78.9 cm³/mol. The molecule has 0 bridgehead atoms. The van der Waals surface area contributed by atoms with Gasteiger partial charge in [-0.2, -0.15) is 4.31 Å². The van der Waals surface area contributed by atoms with Crippen molar-refractivity contribution in [2.24, 2.45) is 5.73 Å². The highest BCUT2D eigenvalue weighted by Gasteiger charge is 2.31. The second kappa shape index (κ2) is 5.80. The number of piperazine rings is 1. The fraction of sp³-hybridized carbons (Fsp3) is 0.417. The van der Waals surface area contributed by atoms with Crippen molar-refractivity contribution in [1.29, 1.82) is 0 Å². The maximum absolute atomic E-state index is 12.6. The van der Waals surface area contributed by atoms with Crippen molar-refractivity contribution >= 4 is 31.9 Å². The van der Waals surface area contributed by atoms with E-state index in [0.717, 1.165) is 0 Å². The van der Waals surface area contributed by atoms with Gasteiger partial charge >= 0.3 is 0 Å². The minimum atomic E-state index is -3.63. The molecule has 1 aliphatic heterocycles. The third-order valence-electron chi connectivity index (χ3n) is 3.20. The van der Waals surface area contributed by atoms with Gasteiger partial charge in [-0.1, -0.05) is 15.9 Å². The first-order valence-electron chi connectivity index (χ1n) is 6.15. The molecule has 1 aliphatic rings. The van der Waals surface area contributed by atoms with Gasteiger partial charge < -0.3 is 11.1 Å². The number of benzene rings is 1. The van der Waals surface area contributed by atoms with E-state index in [1.54, 1.807) is 0 Å². The first kappa shape index (κ1) is 15.4. The monoisotopic (exact) mass is 361 g/mol. The van der Waals surface area contributed by atoms with Gasteiger partial charge in [0, 0.05) is 35.7 Å². The summed E-state index contributed by atoms with van der Waals surface area (Å²) in [5, 5.41) is 3.14. The van der Waals surface area contributed by atoms with E-state index in [4.69, 9.17) is 5.73 Å². The normalized spacial score (nSPS) is 20.8. The van der Waals surface area contributed by atoms with Crippen LogP contribution in [0.3, 0.4) is 0 Å². The van der Waals surface area contributed by atoms with Gasteiger partial charge in [0.15, 0.2) is 0 Å². The van der Waals surface area contributed by atoms with Crippen LogP contribution in [0.2, 0.25) is 0 Å². The summed E-state index contributed by atoms with van der Waals surface area (Å²) in [7, 11) is -3.63. The fourth-order valence-electron chi connectivity index (χ4n) is 2.17. The molecule has 6 nitrogen and oxygen atoms in total. The zero-order chi connectivity index (χ0) is 14.9. The number of primary amides is 1. The average Bonchev–Trinajstić information content (AvgIpc) is 2.38. The lowest BCUT2D eigenvalue weighted by Gasteiger charge is -2.32. The van der Waals surface area contributed by atoms with E-state index in [-0.39, 0.29) is 16.5 Å². The van der Waals surface area contributed by atoms with E-state index >= 15 is 0 Å². The number of halogens is 1. The lowest BCUT2D eigenvalue weighted by Crippen LogP contribution is -2.52. The zero-order valence-electron chi connectivity index (χ0n) is 11.0. The molecule has 0 spiro atoms. The highest BCUT2D eigenvalue weighted by molar-refractivity contribution is 9.10. The third kappa shape index (κ3) is 3.03. The Morgan fingerprint density at radius 3 is 2.75 bits per heavy atom. The quantitative estimate of drug-likeness (QED) is 0.821. The molecule has 1 atom stereocenters. The lowest BCUT2D eigenvalue weighted by molar-refractivity contribution is 0.1000. The first-order chi connectivity index (χ1) is 9.32. The number of hydrogen-bond acceptors (Lipinski definition) is 4. The minimum Gasteiger partial charge on any atom is -0.366 e. The molecule has 0 radical (unpaired) electrons. The molecule has 0 unspecified atom stereocenters. The summed E-state index contributed by atoms with van der Waals surface area (Å²) in [5.41, 5.74) is 5.39. The molecule has 0 saturated carbocycles. The largest absolute Gasteiger partial charge is 0.366 e. The molecule has 110 valence electrons. The van der Waals surface area contributed by atoms with E-state index in [9.17, 15) is 13.2 Å². The third-order valence-corrected chi connectivity index (χ3v) is 5.65. The Bertz CT molecular complexity index is 633. The Kier molecular flexibility index (Phi) is 4.48. The topological polar surface area (TPSA) is 92.5 Å². The van der Waals surface area contributed by atoms with Crippen molar-refractivity contribution in [2.75, 3.05) is 19.6 Å². The van der Waals surface area contributed by atoms with Crippen LogP contribution >= 0.6 is 15.9 Å². The Morgan fingerprint density at radius 1 is 1.45 bits per heavy atom. The van der Waals surface area contributed by atoms with E-state index in [2.05, 4.69) is 21.2 Å². The Hall–Kier alpha value is -0.960. The fourth-order valence-corrected chi connectivity index (χ4v) is 4.52. The van der Waals surface area contributed by atoms with Crippen LogP contribution in [0.25, 0.3) is 0 Å². The Morgan fingerprint density at radius 2 is 2.15 bits per heavy atom. The summed E-state index contributed by atoms with van der Waals surface area (Å²) in [6, 6.07) is 4.17.